The summed E-state index contributed by atoms with van der Waals surface area (Å²) in [4.78, 5) is 17.9. The zero-order chi connectivity index (χ0) is 14.8. The molecule has 0 atom stereocenters. The summed E-state index contributed by atoms with van der Waals surface area (Å²) in [6, 6.07) is 0. The first-order valence-corrected chi connectivity index (χ1v) is 5.96. The van der Waals surface area contributed by atoms with Gasteiger partial charge in [0.2, 0.25) is 0 Å². The third kappa shape index (κ3) is 2.24. The molecule has 0 unspecified atom stereocenters. The van der Waals surface area contributed by atoms with Gasteiger partial charge in [-0.1, -0.05) is 5.21 Å². The Balaban J connectivity index is 2.15. The lowest BCUT2D eigenvalue weighted by atomic mass is 10.2. The van der Waals surface area contributed by atoms with Crippen LogP contribution in [-0.4, -0.2) is 49.8 Å². The average Bonchev–Trinajstić information content (AvgIpc) is 3.14. The van der Waals surface area contributed by atoms with Crippen molar-refractivity contribution in [3.05, 3.63) is 24.8 Å². The second-order valence-corrected chi connectivity index (χ2v) is 4.08. The number of hydrogen-bond acceptors (Lipinski definition) is 6. The smallest absolute Gasteiger partial charge is 0.341 e. The number of rotatable bonds is 5. The molecular formula is C12H11N5O4. The first kappa shape index (κ1) is 12.9. The van der Waals surface area contributed by atoms with Crippen molar-refractivity contribution in [3.63, 3.8) is 0 Å². The summed E-state index contributed by atoms with van der Waals surface area (Å²) in [5.74, 6) is 0.283. The van der Waals surface area contributed by atoms with Crippen LogP contribution in [0.15, 0.2) is 24.8 Å². The molecule has 3 aromatic rings. The minimum Gasteiger partial charge on any atom is -0.494 e. The number of carboxylic acid groups (broad SMARTS) is 1. The number of hydrogen-bond donors (Lipinski definition) is 2. The fraction of sp³-hybridized carbons (Fsp3) is 0.167. The molecule has 0 saturated heterocycles. The van der Waals surface area contributed by atoms with Gasteiger partial charge in [-0.25, -0.2) is 14.5 Å². The summed E-state index contributed by atoms with van der Waals surface area (Å²) in [6.45, 7) is -0.447. The van der Waals surface area contributed by atoms with Crippen LogP contribution in [0.2, 0.25) is 0 Å². The Morgan fingerprint density at radius 2 is 2.33 bits per heavy atom. The highest BCUT2D eigenvalue weighted by atomic mass is 16.5. The van der Waals surface area contributed by atoms with Crippen LogP contribution in [0.25, 0.3) is 16.7 Å². The minimum atomic E-state index is -1.06. The number of fused-ring (bicyclic) bond motifs is 1. The van der Waals surface area contributed by atoms with Gasteiger partial charge in [-0.15, -0.1) is 5.10 Å². The lowest BCUT2D eigenvalue weighted by molar-refractivity contribution is -0.139. The Morgan fingerprint density at radius 1 is 1.48 bits per heavy atom. The van der Waals surface area contributed by atoms with Gasteiger partial charge in [0.1, 0.15) is 11.5 Å². The SMILES string of the molecule is COc1cnc(-n2ccnn2)c2[nH]cc(OCC(=O)O)c12. The Labute approximate surface area is 118 Å². The lowest BCUT2D eigenvalue weighted by Gasteiger charge is -2.07. The number of H-pyrrole nitrogens is 1. The fourth-order valence-electron chi connectivity index (χ4n) is 1.98. The van der Waals surface area contributed by atoms with Gasteiger partial charge in [0.05, 0.1) is 36.6 Å². The second kappa shape index (κ2) is 5.12. The molecule has 2 N–H and O–H groups in total. The molecule has 0 fully saturated rings. The van der Waals surface area contributed by atoms with E-state index in [0.29, 0.717) is 28.2 Å². The Kier molecular flexibility index (Phi) is 3.14. The highest BCUT2D eigenvalue weighted by Gasteiger charge is 2.17. The predicted octanol–water partition coefficient (Wildman–Crippen LogP) is 0.616. The number of nitrogens with zero attached hydrogens (tertiary/aromatic N) is 4. The zero-order valence-corrected chi connectivity index (χ0v) is 11.0. The maximum Gasteiger partial charge on any atom is 0.341 e. The molecule has 3 rings (SSSR count). The summed E-state index contributed by atoms with van der Waals surface area (Å²) in [7, 11) is 1.50. The van der Waals surface area contributed by atoms with Crippen LogP contribution in [0.3, 0.4) is 0 Å². The molecule has 0 aliphatic heterocycles. The normalized spacial score (nSPS) is 10.7. The number of nitrogens with one attached hydrogen (secondary N) is 1. The zero-order valence-electron chi connectivity index (χ0n) is 11.0. The maximum atomic E-state index is 10.6. The number of pyridine rings is 1. The summed E-state index contributed by atoms with van der Waals surface area (Å²) in [5.41, 5.74) is 0.611. The van der Waals surface area contributed by atoms with Crippen LogP contribution >= 0.6 is 0 Å². The van der Waals surface area contributed by atoms with E-state index in [9.17, 15) is 4.79 Å². The number of carbonyl (C=O) groups is 1. The molecule has 0 bridgehead atoms. The number of carboxylic acids is 1. The third-order valence-electron chi connectivity index (χ3n) is 2.83. The van der Waals surface area contributed by atoms with Crippen molar-refractivity contribution in [2.75, 3.05) is 13.7 Å². The molecule has 21 heavy (non-hydrogen) atoms. The molecule has 9 nitrogen and oxygen atoms in total. The number of aromatic amines is 1. The van der Waals surface area contributed by atoms with E-state index in [4.69, 9.17) is 14.6 Å². The first-order valence-electron chi connectivity index (χ1n) is 5.96. The van der Waals surface area contributed by atoms with Crippen molar-refractivity contribution in [1.82, 2.24) is 25.0 Å². The molecular weight excluding hydrogens is 278 g/mol. The van der Waals surface area contributed by atoms with Gasteiger partial charge in [0.15, 0.2) is 12.4 Å². The van der Waals surface area contributed by atoms with E-state index in [1.54, 1.807) is 12.4 Å². The fourth-order valence-corrected chi connectivity index (χ4v) is 1.98. The molecule has 0 saturated carbocycles. The molecule has 108 valence electrons. The Bertz CT molecular complexity index is 780. The Hall–Kier alpha value is -3.10. The first-order chi connectivity index (χ1) is 10.2. The van der Waals surface area contributed by atoms with Gasteiger partial charge >= 0.3 is 5.97 Å². The van der Waals surface area contributed by atoms with Crippen LogP contribution in [0.5, 0.6) is 11.5 Å². The average molecular weight is 289 g/mol. The molecule has 0 aliphatic rings. The van der Waals surface area contributed by atoms with Crippen molar-refractivity contribution < 1.29 is 19.4 Å². The topological polar surface area (TPSA) is 115 Å². The monoisotopic (exact) mass is 289 g/mol. The van der Waals surface area contributed by atoms with Gasteiger partial charge in [-0.05, 0) is 0 Å². The van der Waals surface area contributed by atoms with Gasteiger partial charge in [0, 0.05) is 6.20 Å². The van der Waals surface area contributed by atoms with Crippen LogP contribution in [0.1, 0.15) is 0 Å². The highest BCUT2D eigenvalue weighted by Crippen LogP contribution is 2.35. The van der Waals surface area contributed by atoms with Crippen molar-refractivity contribution in [3.8, 4) is 17.3 Å². The van der Waals surface area contributed by atoms with Gasteiger partial charge in [-0.2, -0.15) is 0 Å². The van der Waals surface area contributed by atoms with E-state index < -0.39 is 12.6 Å². The van der Waals surface area contributed by atoms with E-state index in [-0.39, 0.29) is 0 Å². The molecule has 0 radical (unpaired) electrons. The minimum absolute atomic E-state index is 0.369. The van der Waals surface area contributed by atoms with Gasteiger partial charge < -0.3 is 19.6 Å². The molecule has 0 aromatic carbocycles. The summed E-state index contributed by atoms with van der Waals surface area (Å²) < 4.78 is 12.0. The molecule has 3 aromatic heterocycles. The van der Waals surface area contributed by atoms with E-state index in [1.165, 1.54) is 24.2 Å². The summed E-state index contributed by atoms with van der Waals surface area (Å²) >= 11 is 0. The maximum absolute atomic E-state index is 10.6. The van der Waals surface area contributed by atoms with E-state index in [1.807, 2.05) is 0 Å². The van der Waals surface area contributed by atoms with Crippen molar-refractivity contribution in [2.45, 2.75) is 0 Å². The lowest BCUT2D eigenvalue weighted by Crippen LogP contribution is -2.09. The third-order valence-corrected chi connectivity index (χ3v) is 2.83. The molecule has 3 heterocycles. The molecule has 0 aliphatic carbocycles. The van der Waals surface area contributed by atoms with E-state index >= 15 is 0 Å². The van der Waals surface area contributed by atoms with Gasteiger partial charge in [0.25, 0.3) is 0 Å². The van der Waals surface area contributed by atoms with Crippen LogP contribution < -0.4 is 9.47 Å². The van der Waals surface area contributed by atoms with E-state index in [2.05, 4.69) is 20.3 Å². The van der Waals surface area contributed by atoms with Crippen molar-refractivity contribution >= 4 is 16.9 Å². The Morgan fingerprint density at radius 3 is 3.00 bits per heavy atom. The van der Waals surface area contributed by atoms with Crippen LogP contribution in [0, 0.1) is 0 Å². The van der Waals surface area contributed by atoms with Crippen LogP contribution in [0.4, 0.5) is 0 Å². The standard InChI is InChI=1S/C12H11N5O4/c1-20-7-4-14-12(17-3-2-15-16-17)11-10(7)8(5-13-11)21-6-9(18)19/h2-5,13H,6H2,1H3,(H,18,19). The summed E-state index contributed by atoms with van der Waals surface area (Å²) in [5, 5.41) is 16.9. The molecule has 0 spiro atoms. The number of ether oxygens (including phenoxy) is 2. The molecule has 0 amide bonds. The predicted molar refractivity (Wildman–Crippen MR) is 70.7 cm³/mol. The van der Waals surface area contributed by atoms with Crippen LogP contribution in [-0.2, 0) is 4.79 Å². The second-order valence-electron chi connectivity index (χ2n) is 4.08. The van der Waals surface area contributed by atoms with E-state index in [0.717, 1.165) is 0 Å². The van der Waals surface area contributed by atoms with Crippen molar-refractivity contribution in [2.24, 2.45) is 0 Å². The van der Waals surface area contributed by atoms with Crippen molar-refractivity contribution in [1.29, 1.82) is 0 Å². The number of aliphatic carboxylic acids is 1. The quantitative estimate of drug-likeness (QED) is 0.707. The largest absolute Gasteiger partial charge is 0.494 e. The summed E-state index contributed by atoms with van der Waals surface area (Å²) in [6.07, 6.45) is 6.24. The number of methoxy groups -OCH3 is 1. The highest BCUT2D eigenvalue weighted by molar-refractivity contribution is 5.95. The molecule has 9 heteroatoms. The number of aromatic nitrogens is 5. The van der Waals surface area contributed by atoms with Gasteiger partial charge in [-0.3, -0.25) is 0 Å².